The van der Waals surface area contributed by atoms with Crippen LogP contribution in [0.2, 0.25) is 0 Å². The van der Waals surface area contributed by atoms with Crippen LogP contribution in [-0.2, 0) is 11.3 Å². The van der Waals surface area contributed by atoms with Crippen molar-refractivity contribution in [2.75, 3.05) is 12.4 Å². The summed E-state index contributed by atoms with van der Waals surface area (Å²) >= 11 is 0. The molecule has 4 aromatic rings. The molecule has 2 N–H and O–H groups in total. The van der Waals surface area contributed by atoms with Crippen LogP contribution < -0.4 is 15.4 Å². The summed E-state index contributed by atoms with van der Waals surface area (Å²) in [7, 11) is 1.56. The lowest BCUT2D eigenvalue weighted by Gasteiger charge is -2.12. The van der Waals surface area contributed by atoms with Crippen LogP contribution in [0.15, 0.2) is 65.1 Å². The van der Waals surface area contributed by atoms with Crippen LogP contribution in [0.5, 0.6) is 5.75 Å². The summed E-state index contributed by atoms with van der Waals surface area (Å²) in [5, 5.41) is 13.6. The third-order valence-corrected chi connectivity index (χ3v) is 5.53. The van der Waals surface area contributed by atoms with Gasteiger partial charge in [-0.1, -0.05) is 18.2 Å². The molecule has 0 spiro atoms. The van der Waals surface area contributed by atoms with E-state index < -0.39 is 0 Å². The van der Waals surface area contributed by atoms with Crippen molar-refractivity contribution in [3.05, 3.63) is 83.2 Å². The first kappa shape index (κ1) is 23.7. The number of amides is 2. The topological polar surface area (TPSA) is 106 Å². The van der Waals surface area contributed by atoms with E-state index in [4.69, 9.17) is 9.15 Å². The molecule has 0 bridgehead atoms. The standard InChI is InChI=1S/C27H26N4O4/c1-16-5-6-21(27-31-30-18(3)35-27)14-24(16)19-7-9-20(10-8-19)26(33)29-23-11-12-25(34-4)22(13-23)15-28-17(2)32/h5-14H,15H2,1-4H3,(H,28,32)(H,29,33). The number of carbonyl (C=O) groups excluding carboxylic acids is 2. The molecule has 4 rings (SSSR count). The molecule has 8 heteroatoms. The lowest BCUT2D eigenvalue weighted by Crippen LogP contribution is -2.19. The second-order valence-corrected chi connectivity index (χ2v) is 8.12. The number of ether oxygens (including phenoxy) is 1. The molecule has 8 nitrogen and oxygen atoms in total. The summed E-state index contributed by atoms with van der Waals surface area (Å²) in [4.78, 5) is 24.1. The Hall–Kier alpha value is -4.46. The molecule has 0 aliphatic carbocycles. The largest absolute Gasteiger partial charge is 0.496 e. The van der Waals surface area contributed by atoms with E-state index in [1.54, 1.807) is 44.4 Å². The molecule has 0 radical (unpaired) electrons. The maximum atomic E-state index is 12.9. The van der Waals surface area contributed by atoms with E-state index in [9.17, 15) is 9.59 Å². The minimum absolute atomic E-state index is 0.144. The van der Waals surface area contributed by atoms with E-state index in [0.717, 1.165) is 27.8 Å². The summed E-state index contributed by atoms with van der Waals surface area (Å²) < 4.78 is 10.9. The van der Waals surface area contributed by atoms with Gasteiger partial charge in [-0.3, -0.25) is 9.59 Å². The van der Waals surface area contributed by atoms with Gasteiger partial charge < -0.3 is 19.8 Å². The smallest absolute Gasteiger partial charge is 0.255 e. The molecule has 0 fully saturated rings. The molecule has 0 saturated carbocycles. The van der Waals surface area contributed by atoms with Crippen LogP contribution in [0.25, 0.3) is 22.6 Å². The third kappa shape index (κ3) is 5.55. The van der Waals surface area contributed by atoms with Crippen molar-refractivity contribution >= 4 is 17.5 Å². The zero-order valence-corrected chi connectivity index (χ0v) is 20.0. The number of benzene rings is 3. The first-order valence-electron chi connectivity index (χ1n) is 11.1. The van der Waals surface area contributed by atoms with Crippen LogP contribution in [0.3, 0.4) is 0 Å². The Labute approximate surface area is 203 Å². The first-order chi connectivity index (χ1) is 16.8. The summed E-state index contributed by atoms with van der Waals surface area (Å²) in [6.07, 6.45) is 0. The van der Waals surface area contributed by atoms with E-state index in [1.165, 1.54) is 6.92 Å². The molecule has 35 heavy (non-hydrogen) atoms. The number of hydrogen-bond acceptors (Lipinski definition) is 6. The maximum Gasteiger partial charge on any atom is 0.255 e. The highest BCUT2D eigenvalue weighted by molar-refractivity contribution is 6.04. The summed E-state index contributed by atoms with van der Waals surface area (Å²) in [6.45, 7) is 5.54. The van der Waals surface area contributed by atoms with Gasteiger partial charge in [-0.25, -0.2) is 0 Å². The van der Waals surface area contributed by atoms with Gasteiger partial charge >= 0.3 is 0 Å². The Morgan fingerprint density at radius 1 is 0.943 bits per heavy atom. The highest BCUT2D eigenvalue weighted by Gasteiger charge is 2.12. The van der Waals surface area contributed by atoms with Gasteiger partial charge in [0.05, 0.1) is 7.11 Å². The lowest BCUT2D eigenvalue weighted by molar-refractivity contribution is -0.119. The highest BCUT2D eigenvalue weighted by atomic mass is 16.5. The van der Waals surface area contributed by atoms with Crippen molar-refractivity contribution in [3.63, 3.8) is 0 Å². The number of hydrogen-bond donors (Lipinski definition) is 2. The van der Waals surface area contributed by atoms with Gasteiger partial charge in [0.25, 0.3) is 5.91 Å². The Balaban J connectivity index is 1.52. The molecule has 0 saturated heterocycles. The zero-order valence-electron chi connectivity index (χ0n) is 20.0. The zero-order chi connectivity index (χ0) is 24.9. The fourth-order valence-corrected chi connectivity index (χ4v) is 3.70. The van der Waals surface area contributed by atoms with Crippen LogP contribution >= 0.6 is 0 Å². The molecular formula is C27H26N4O4. The van der Waals surface area contributed by atoms with E-state index in [2.05, 4.69) is 20.8 Å². The van der Waals surface area contributed by atoms with E-state index in [0.29, 0.717) is 35.3 Å². The normalized spacial score (nSPS) is 10.6. The van der Waals surface area contributed by atoms with Crippen LogP contribution in [0.1, 0.15) is 34.3 Å². The average molecular weight is 471 g/mol. The van der Waals surface area contributed by atoms with Crippen molar-refractivity contribution in [1.29, 1.82) is 0 Å². The highest BCUT2D eigenvalue weighted by Crippen LogP contribution is 2.29. The average Bonchev–Trinajstić information content (AvgIpc) is 3.29. The third-order valence-electron chi connectivity index (χ3n) is 5.53. The van der Waals surface area contributed by atoms with Crippen molar-refractivity contribution in [3.8, 4) is 28.3 Å². The monoisotopic (exact) mass is 470 g/mol. The molecule has 0 atom stereocenters. The maximum absolute atomic E-state index is 12.9. The SMILES string of the molecule is COc1ccc(NC(=O)c2ccc(-c3cc(-c4nnc(C)o4)ccc3C)cc2)cc1CNC(C)=O. The Morgan fingerprint density at radius 2 is 1.69 bits per heavy atom. The van der Waals surface area contributed by atoms with Crippen LogP contribution in [0, 0.1) is 13.8 Å². The minimum atomic E-state index is -0.237. The van der Waals surface area contributed by atoms with Gasteiger partial charge in [0, 0.05) is 42.8 Å². The second kappa shape index (κ2) is 10.2. The number of rotatable bonds is 7. The summed E-state index contributed by atoms with van der Waals surface area (Å²) in [5.41, 5.74) is 5.81. The minimum Gasteiger partial charge on any atom is -0.496 e. The first-order valence-corrected chi connectivity index (χ1v) is 11.1. The number of methoxy groups -OCH3 is 1. The molecule has 178 valence electrons. The molecule has 0 aliphatic heterocycles. The van der Waals surface area contributed by atoms with Crippen LogP contribution in [-0.4, -0.2) is 29.1 Å². The Morgan fingerprint density at radius 3 is 2.34 bits per heavy atom. The predicted octanol–water partition coefficient (Wildman–Crippen LogP) is 4.92. The van der Waals surface area contributed by atoms with Crippen molar-refractivity contribution in [2.45, 2.75) is 27.3 Å². The van der Waals surface area contributed by atoms with Gasteiger partial charge in [-0.15, -0.1) is 10.2 Å². The molecule has 1 aromatic heterocycles. The van der Waals surface area contributed by atoms with Crippen LogP contribution in [0.4, 0.5) is 5.69 Å². The fourth-order valence-electron chi connectivity index (χ4n) is 3.70. The van der Waals surface area contributed by atoms with Gasteiger partial charge in [-0.05, 0) is 66.1 Å². The molecular weight excluding hydrogens is 444 g/mol. The van der Waals surface area contributed by atoms with Gasteiger partial charge in [0.1, 0.15) is 5.75 Å². The number of aromatic nitrogens is 2. The summed E-state index contributed by atoms with van der Waals surface area (Å²) in [6, 6.07) is 18.7. The second-order valence-electron chi connectivity index (χ2n) is 8.12. The molecule has 3 aromatic carbocycles. The van der Waals surface area contributed by atoms with E-state index >= 15 is 0 Å². The van der Waals surface area contributed by atoms with E-state index in [-0.39, 0.29) is 11.8 Å². The van der Waals surface area contributed by atoms with Crippen molar-refractivity contribution in [1.82, 2.24) is 15.5 Å². The number of nitrogens with one attached hydrogen (secondary N) is 2. The number of aryl methyl sites for hydroxylation is 2. The lowest BCUT2D eigenvalue weighted by atomic mass is 9.97. The van der Waals surface area contributed by atoms with Gasteiger partial charge in [-0.2, -0.15) is 0 Å². The quantitative estimate of drug-likeness (QED) is 0.397. The predicted molar refractivity (Wildman–Crippen MR) is 133 cm³/mol. The number of carbonyl (C=O) groups is 2. The van der Waals surface area contributed by atoms with Crippen molar-refractivity contribution in [2.24, 2.45) is 0 Å². The molecule has 1 heterocycles. The summed E-state index contributed by atoms with van der Waals surface area (Å²) in [5.74, 6) is 1.23. The fraction of sp³-hybridized carbons (Fsp3) is 0.185. The number of nitrogens with zero attached hydrogens (tertiary/aromatic N) is 2. The van der Waals surface area contributed by atoms with Gasteiger partial charge in [0.2, 0.25) is 17.7 Å². The Bertz CT molecular complexity index is 1380. The van der Waals surface area contributed by atoms with Gasteiger partial charge in [0.15, 0.2) is 0 Å². The Kier molecular flexibility index (Phi) is 6.91. The molecule has 2 amide bonds. The van der Waals surface area contributed by atoms with Crippen molar-refractivity contribution < 1.29 is 18.7 Å². The van der Waals surface area contributed by atoms with E-state index in [1.807, 2.05) is 37.3 Å². The number of anilines is 1. The molecule has 0 aliphatic rings. The molecule has 0 unspecified atom stereocenters.